The van der Waals surface area contributed by atoms with E-state index in [1.54, 1.807) is 7.11 Å². The third kappa shape index (κ3) is 3.81. The van der Waals surface area contributed by atoms with Crippen molar-refractivity contribution >= 4 is 24.0 Å². The number of methoxy groups -OCH3 is 1. The molecule has 0 saturated heterocycles. The van der Waals surface area contributed by atoms with Crippen molar-refractivity contribution in [1.82, 2.24) is 4.90 Å². The van der Waals surface area contributed by atoms with Gasteiger partial charge in [0.15, 0.2) is 0 Å². The Morgan fingerprint density at radius 1 is 1.35 bits per heavy atom. The minimum absolute atomic E-state index is 0. The highest BCUT2D eigenvalue weighted by Crippen LogP contribution is 2.47. The molecule has 4 heteroatoms. The first-order valence-electron chi connectivity index (χ1n) is 7.04. The number of hydrogen-bond donors (Lipinski definition) is 0. The Kier molecular flexibility index (Phi) is 6.63. The summed E-state index contributed by atoms with van der Waals surface area (Å²) in [6.07, 6.45) is 4.76. The molecule has 0 aromatic heterocycles. The lowest BCUT2D eigenvalue weighted by molar-refractivity contribution is 0.207. The second kappa shape index (κ2) is 7.53. The molecule has 1 aliphatic rings. The first-order valence-corrected chi connectivity index (χ1v) is 7.42. The van der Waals surface area contributed by atoms with Gasteiger partial charge >= 0.3 is 0 Å². The van der Waals surface area contributed by atoms with Crippen molar-refractivity contribution in [3.63, 3.8) is 0 Å². The zero-order valence-corrected chi connectivity index (χ0v) is 14.1. The van der Waals surface area contributed by atoms with Crippen LogP contribution in [0.25, 0.3) is 0 Å². The summed E-state index contributed by atoms with van der Waals surface area (Å²) in [5.41, 5.74) is 1.21. The van der Waals surface area contributed by atoms with Crippen molar-refractivity contribution < 1.29 is 4.74 Å². The monoisotopic (exact) mass is 317 g/mol. The normalized spacial score (nSPS) is 26.1. The van der Waals surface area contributed by atoms with Gasteiger partial charge in [-0.1, -0.05) is 25.0 Å². The molecule has 20 heavy (non-hydrogen) atoms. The Labute approximate surface area is 133 Å². The summed E-state index contributed by atoms with van der Waals surface area (Å²) in [5.74, 6) is 1.40. The highest BCUT2D eigenvalue weighted by atomic mass is 35.5. The number of alkyl halides is 1. The van der Waals surface area contributed by atoms with Crippen molar-refractivity contribution in [2.24, 2.45) is 5.92 Å². The van der Waals surface area contributed by atoms with Crippen molar-refractivity contribution in [2.75, 3.05) is 27.7 Å². The van der Waals surface area contributed by atoms with Gasteiger partial charge in [0.25, 0.3) is 0 Å². The molecule has 0 bridgehead atoms. The summed E-state index contributed by atoms with van der Waals surface area (Å²) in [6.45, 7) is 1.04. The standard InChI is InChI=1S/C16H24ClNO.ClH/c1-18(2)12-14-7-4-5-10-16(14,17)13-8-6-9-15(11-13)19-3;/h6,8-9,11,14H,4-5,7,10,12H2,1-3H3;1H/t14-,16+;/m1./s1. The molecule has 1 aromatic rings. The lowest BCUT2D eigenvalue weighted by Crippen LogP contribution is -2.39. The predicted molar refractivity (Wildman–Crippen MR) is 88.3 cm³/mol. The van der Waals surface area contributed by atoms with Crippen LogP contribution < -0.4 is 4.74 Å². The van der Waals surface area contributed by atoms with E-state index >= 15 is 0 Å². The molecular weight excluding hydrogens is 293 g/mol. The van der Waals surface area contributed by atoms with Crippen LogP contribution in [0.5, 0.6) is 5.75 Å². The van der Waals surface area contributed by atoms with Crippen molar-refractivity contribution in [2.45, 2.75) is 30.6 Å². The molecule has 0 radical (unpaired) electrons. The molecule has 2 nitrogen and oxygen atoms in total. The van der Waals surface area contributed by atoms with E-state index in [0.717, 1.165) is 18.7 Å². The zero-order chi connectivity index (χ0) is 13.9. The van der Waals surface area contributed by atoms with Crippen LogP contribution in [-0.2, 0) is 4.87 Å². The number of ether oxygens (including phenoxy) is 1. The molecule has 2 atom stereocenters. The maximum absolute atomic E-state index is 7.06. The number of rotatable bonds is 4. The van der Waals surface area contributed by atoms with Gasteiger partial charge in [-0.2, -0.15) is 0 Å². The number of halogens is 2. The van der Waals surface area contributed by atoms with Crippen molar-refractivity contribution in [3.8, 4) is 5.75 Å². The van der Waals surface area contributed by atoms with Gasteiger partial charge in [-0.25, -0.2) is 0 Å². The Balaban J connectivity index is 0.00000200. The van der Waals surface area contributed by atoms with Crippen molar-refractivity contribution in [3.05, 3.63) is 29.8 Å². The first kappa shape index (κ1) is 17.6. The Hall–Kier alpha value is -0.440. The summed E-state index contributed by atoms with van der Waals surface area (Å²) >= 11 is 7.06. The molecule has 1 fully saturated rings. The van der Waals surface area contributed by atoms with E-state index in [2.05, 4.69) is 31.1 Å². The fourth-order valence-electron chi connectivity index (χ4n) is 3.14. The SMILES string of the molecule is COc1cccc([C@@]2(Cl)CCCC[C@@H]2CN(C)C)c1.Cl. The molecule has 0 aliphatic heterocycles. The van der Waals surface area contributed by atoms with Gasteiger partial charge < -0.3 is 9.64 Å². The van der Waals surface area contributed by atoms with E-state index in [0.29, 0.717) is 5.92 Å². The maximum Gasteiger partial charge on any atom is 0.119 e. The Morgan fingerprint density at radius 3 is 2.75 bits per heavy atom. The molecule has 1 aromatic carbocycles. The molecule has 0 amide bonds. The molecule has 1 saturated carbocycles. The number of benzene rings is 1. The second-order valence-corrected chi connectivity index (χ2v) is 6.47. The van der Waals surface area contributed by atoms with Crippen LogP contribution in [0.4, 0.5) is 0 Å². The maximum atomic E-state index is 7.06. The van der Waals surface area contributed by atoms with Crippen LogP contribution in [0.3, 0.4) is 0 Å². The van der Waals surface area contributed by atoms with Gasteiger partial charge in [-0.3, -0.25) is 0 Å². The first-order chi connectivity index (χ1) is 9.06. The highest BCUT2D eigenvalue weighted by molar-refractivity contribution is 6.24. The lowest BCUT2D eigenvalue weighted by atomic mass is 9.74. The summed E-state index contributed by atoms with van der Waals surface area (Å²) in [7, 11) is 5.95. The van der Waals surface area contributed by atoms with E-state index in [1.807, 2.05) is 12.1 Å². The summed E-state index contributed by atoms with van der Waals surface area (Å²) in [4.78, 5) is 2.00. The fraction of sp³-hybridized carbons (Fsp3) is 0.625. The van der Waals surface area contributed by atoms with E-state index in [1.165, 1.54) is 24.8 Å². The van der Waals surface area contributed by atoms with Crippen LogP contribution in [0.1, 0.15) is 31.2 Å². The van der Waals surface area contributed by atoms with Crippen LogP contribution >= 0.6 is 24.0 Å². The summed E-state index contributed by atoms with van der Waals surface area (Å²) in [5, 5.41) is 0. The third-order valence-corrected chi connectivity index (χ3v) is 4.84. The van der Waals surface area contributed by atoms with E-state index in [-0.39, 0.29) is 17.3 Å². The topological polar surface area (TPSA) is 12.5 Å². The average Bonchev–Trinajstić information content (AvgIpc) is 2.41. The fourth-order valence-corrected chi connectivity index (χ4v) is 3.57. The number of nitrogens with zero attached hydrogens (tertiary/aromatic N) is 1. The Morgan fingerprint density at radius 2 is 2.10 bits per heavy atom. The minimum atomic E-state index is -0.239. The molecule has 0 spiro atoms. The quantitative estimate of drug-likeness (QED) is 0.767. The van der Waals surface area contributed by atoms with E-state index in [4.69, 9.17) is 16.3 Å². The Bertz CT molecular complexity index is 425. The van der Waals surface area contributed by atoms with Gasteiger partial charge in [0, 0.05) is 6.54 Å². The third-order valence-electron chi connectivity index (χ3n) is 4.13. The van der Waals surface area contributed by atoms with Gasteiger partial charge in [-0.05, 0) is 50.6 Å². The second-order valence-electron chi connectivity index (χ2n) is 5.80. The minimum Gasteiger partial charge on any atom is -0.497 e. The zero-order valence-electron chi connectivity index (χ0n) is 12.6. The highest BCUT2D eigenvalue weighted by Gasteiger charge is 2.40. The van der Waals surface area contributed by atoms with Crippen LogP contribution in [0.15, 0.2) is 24.3 Å². The van der Waals surface area contributed by atoms with Gasteiger partial charge in [0.1, 0.15) is 5.75 Å². The largest absolute Gasteiger partial charge is 0.497 e. The van der Waals surface area contributed by atoms with E-state index < -0.39 is 0 Å². The molecule has 1 aliphatic carbocycles. The number of hydrogen-bond acceptors (Lipinski definition) is 2. The molecular formula is C16H25Cl2NO. The van der Waals surface area contributed by atoms with Gasteiger partial charge in [0.2, 0.25) is 0 Å². The smallest absolute Gasteiger partial charge is 0.119 e. The predicted octanol–water partition coefficient (Wildman–Crippen LogP) is 4.30. The molecule has 114 valence electrons. The van der Waals surface area contributed by atoms with Crippen LogP contribution in [0, 0.1) is 5.92 Å². The van der Waals surface area contributed by atoms with Gasteiger partial charge in [-0.15, -0.1) is 24.0 Å². The average molecular weight is 318 g/mol. The van der Waals surface area contributed by atoms with Crippen LogP contribution in [0.2, 0.25) is 0 Å². The molecule has 0 unspecified atom stereocenters. The molecule has 0 N–H and O–H groups in total. The van der Waals surface area contributed by atoms with Gasteiger partial charge in [0.05, 0.1) is 12.0 Å². The molecule has 0 heterocycles. The van der Waals surface area contributed by atoms with E-state index in [9.17, 15) is 0 Å². The summed E-state index contributed by atoms with van der Waals surface area (Å²) in [6, 6.07) is 8.26. The lowest BCUT2D eigenvalue weighted by Gasteiger charge is -2.41. The van der Waals surface area contributed by atoms with Crippen molar-refractivity contribution in [1.29, 1.82) is 0 Å². The molecule has 2 rings (SSSR count). The van der Waals surface area contributed by atoms with Crippen LogP contribution in [-0.4, -0.2) is 32.6 Å². The summed E-state index contributed by atoms with van der Waals surface area (Å²) < 4.78 is 5.34.